The predicted octanol–water partition coefficient (Wildman–Crippen LogP) is 3.39. The van der Waals surface area contributed by atoms with Crippen LogP contribution >= 0.6 is 0 Å². The van der Waals surface area contributed by atoms with Crippen molar-refractivity contribution in [2.24, 2.45) is 5.73 Å². The molecule has 148 valence electrons. The van der Waals surface area contributed by atoms with Crippen LogP contribution in [-0.4, -0.2) is 31.5 Å². The van der Waals surface area contributed by atoms with Gasteiger partial charge in [0.2, 0.25) is 5.91 Å². The van der Waals surface area contributed by atoms with Crippen LogP contribution in [-0.2, 0) is 17.8 Å². The van der Waals surface area contributed by atoms with Crippen LogP contribution in [0.3, 0.4) is 0 Å². The molecule has 0 spiro atoms. The van der Waals surface area contributed by atoms with Crippen LogP contribution in [0, 0.1) is 5.82 Å². The zero-order valence-corrected chi connectivity index (χ0v) is 15.6. The number of carbonyl (C=O) groups is 1. The molecule has 4 aromatic rings. The van der Waals surface area contributed by atoms with E-state index in [0.29, 0.717) is 30.0 Å². The second-order valence-electron chi connectivity index (χ2n) is 6.72. The van der Waals surface area contributed by atoms with E-state index in [0.717, 1.165) is 16.8 Å². The molecular weight excluding hydrogens is 376 g/mol. The lowest BCUT2D eigenvalue weighted by Crippen LogP contribution is -2.14. The molecule has 2 N–H and O–H groups in total. The number of imidazole rings is 2. The molecule has 4 rings (SSSR count). The third-order valence-corrected chi connectivity index (χ3v) is 4.70. The minimum atomic E-state index is -0.447. The Bertz CT molecular complexity index is 1160. The Morgan fingerprint density at radius 3 is 2.55 bits per heavy atom. The summed E-state index contributed by atoms with van der Waals surface area (Å²) in [4.78, 5) is 20.2. The van der Waals surface area contributed by atoms with Gasteiger partial charge < -0.3 is 14.7 Å². The predicted molar refractivity (Wildman–Crippen MR) is 105 cm³/mol. The molecule has 6 nitrogen and oxygen atoms in total. The second-order valence-corrected chi connectivity index (χ2v) is 6.72. The zero-order valence-electron chi connectivity index (χ0n) is 15.6. The molecule has 0 radical (unpaired) electrons. The number of alkyl halides is 1. The fourth-order valence-electron chi connectivity index (χ4n) is 3.38. The number of hydrogen-bond donors (Lipinski definition) is 1. The minimum absolute atomic E-state index is 0.0660. The van der Waals surface area contributed by atoms with Crippen molar-refractivity contribution in [2.45, 2.75) is 19.4 Å². The lowest BCUT2D eigenvalue weighted by Gasteiger charge is -2.11. The molecule has 0 bridgehead atoms. The van der Waals surface area contributed by atoms with Crippen molar-refractivity contribution in [1.82, 2.24) is 18.9 Å². The van der Waals surface area contributed by atoms with E-state index in [9.17, 15) is 13.6 Å². The van der Waals surface area contributed by atoms with Gasteiger partial charge in [0.1, 0.15) is 11.5 Å². The maximum Gasteiger partial charge on any atom is 0.223 e. The van der Waals surface area contributed by atoms with Gasteiger partial charge in [-0.1, -0.05) is 0 Å². The molecule has 0 aliphatic rings. The number of benzene rings is 1. The van der Waals surface area contributed by atoms with Crippen molar-refractivity contribution >= 4 is 11.6 Å². The molecule has 0 aliphatic carbocycles. The van der Waals surface area contributed by atoms with Gasteiger partial charge in [0.15, 0.2) is 0 Å². The molecule has 0 saturated carbocycles. The van der Waals surface area contributed by atoms with Crippen LogP contribution in [0.15, 0.2) is 55.1 Å². The molecule has 0 atom stereocenters. The molecule has 29 heavy (non-hydrogen) atoms. The molecule has 3 aromatic heterocycles. The first-order chi connectivity index (χ1) is 14.1. The lowest BCUT2D eigenvalue weighted by molar-refractivity contribution is -0.117. The standard InChI is InChI=1S/C21H19F2N5O/c22-8-1-9-27-13-26-20(14-2-5-16(23)6-3-14)21(27)15-4-7-19-25-11-17(10-18(24)29)28(19)12-15/h2-7,11-13H,1,8-10H2,(H2,24,29). The van der Waals surface area contributed by atoms with Crippen molar-refractivity contribution in [3.63, 3.8) is 0 Å². The van der Waals surface area contributed by atoms with E-state index in [4.69, 9.17) is 5.73 Å². The van der Waals surface area contributed by atoms with Crippen LogP contribution in [0.1, 0.15) is 12.1 Å². The third-order valence-electron chi connectivity index (χ3n) is 4.70. The van der Waals surface area contributed by atoms with Gasteiger partial charge in [-0.2, -0.15) is 0 Å². The summed E-state index contributed by atoms with van der Waals surface area (Å²) in [5.74, 6) is -0.778. The number of hydrogen-bond acceptors (Lipinski definition) is 3. The van der Waals surface area contributed by atoms with E-state index in [1.807, 2.05) is 22.9 Å². The number of nitrogens with zero attached hydrogens (tertiary/aromatic N) is 4. The van der Waals surface area contributed by atoms with E-state index in [1.54, 1.807) is 29.1 Å². The number of rotatable bonds is 7. The van der Waals surface area contributed by atoms with E-state index in [2.05, 4.69) is 9.97 Å². The van der Waals surface area contributed by atoms with Gasteiger partial charge >= 0.3 is 0 Å². The van der Waals surface area contributed by atoms with Gasteiger partial charge in [-0.3, -0.25) is 9.18 Å². The van der Waals surface area contributed by atoms with Gasteiger partial charge in [0.05, 0.1) is 36.5 Å². The average Bonchev–Trinajstić information content (AvgIpc) is 3.30. The molecule has 3 heterocycles. The molecule has 1 amide bonds. The largest absolute Gasteiger partial charge is 0.369 e. The van der Waals surface area contributed by atoms with E-state index >= 15 is 0 Å². The van der Waals surface area contributed by atoms with Crippen LogP contribution in [0.5, 0.6) is 0 Å². The van der Waals surface area contributed by atoms with Gasteiger partial charge in [0.25, 0.3) is 0 Å². The van der Waals surface area contributed by atoms with Crippen LogP contribution in [0.25, 0.3) is 28.2 Å². The monoisotopic (exact) mass is 395 g/mol. The first kappa shape index (κ1) is 18.8. The summed E-state index contributed by atoms with van der Waals surface area (Å²) in [6.07, 6.45) is 5.55. The van der Waals surface area contributed by atoms with Crippen molar-refractivity contribution < 1.29 is 13.6 Å². The fraction of sp³-hybridized carbons (Fsp3) is 0.190. The number of carbonyl (C=O) groups excluding carboxylic acids is 1. The van der Waals surface area contributed by atoms with Crippen LogP contribution in [0.4, 0.5) is 8.78 Å². The Kier molecular flexibility index (Phi) is 5.07. The van der Waals surface area contributed by atoms with Crippen LogP contribution in [0.2, 0.25) is 0 Å². The summed E-state index contributed by atoms with van der Waals surface area (Å²) in [6.45, 7) is 0.0168. The first-order valence-electron chi connectivity index (χ1n) is 9.18. The maximum absolute atomic E-state index is 13.4. The number of pyridine rings is 1. The number of amides is 1. The quantitative estimate of drug-likeness (QED) is 0.521. The molecule has 0 saturated heterocycles. The minimum Gasteiger partial charge on any atom is -0.369 e. The number of nitrogens with two attached hydrogens (primary N) is 1. The van der Waals surface area contributed by atoms with E-state index in [1.165, 1.54) is 12.1 Å². The summed E-state index contributed by atoms with van der Waals surface area (Å²) in [5, 5.41) is 0. The molecule has 1 aromatic carbocycles. The summed E-state index contributed by atoms with van der Waals surface area (Å²) in [7, 11) is 0. The fourth-order valence-corrected chi connectivity index (χ4v) is 3.38. The third kappa shape index (κ3) is 3.73. The summed E-state index contributed by atoms with van der Waals surface area (Å²) < 4.78 is 29.9. The normalized spacial score (nSPS) is 11.2. The molecule has 0 aliphatic heterocycles. The highest BCUT2D eigenvalue weighted by atomic mass is 19.1. The number of halogens is 2. The number of fused-ring (bicyclic) bond motifs is 1. The maximum atomic E-state index is 13.4. The first-order valence-corrected chi connectivity index (χ1v) is 9.18. The number of aromatic nitrogens is 4. The van der Waals surface area contributed by atoms with E-state index in [-0.39, 0.29) is 12.2 Å². The lowest BCUT2D eigenvalue weighted by atomic mass is 10.1. The van der Waals surface area contributed by atoms with Gasteiger partial charge in [0, 0.05) is 30.1 Å². The van der Waals surface area contributed by atoms with Gasteiger partial charge in [-0.05, 0) is 42.8 Å². The van der Waals surface area contributed by atoms with Crippen molar-refractivity contribution in [3.8, 4) is 22.5 Å². The van der Waals surface area contributed by atoms with Gasteiger partial charge in [-0.25, -0.2) is 14.4 Å². The molecule has 0 unspecified atom stereocenters. The topological polar surface area (TPSA) is 78.2 Å². The Morgan fingerprint density at radius 1 is 1.07 bits per heavy atom. The van der Waals surface area contributed by atoms with Crippen LogP contribution < -0.4 is 5.73 Å². The SMILES string of the molecule is NC(=O)Cc1cnc2ccc(-c3c(-c4ccc(F)cc4)ncn3CCCF)cn12. The van der Waals surface area contributed by atoms with E-state index < -0.39 is 12.6 Å². The average molecular weight is 395 g/mol. The molecular formula is C21H19F2N5O. The Hall–Kier alpha value is -3.55. The highest BCUT2D eigenvalue weighted by molar-refractivity contribution is 5.79. The van der Waals surface area contributed by atoms with Crippen molar-refractivity contribution in [3.05, 3.63) is 66.6 Å². The molecule has 8 heteroatoms. The Morgan fingerprint density at radius 2 is 1.83 bits per heavy atom. The zero-order chi connectivity index (χ0) is 20.4. The van der Waals surface area contributed by atoms with Crippen molar-refractivity contribution in [2.75, 3.05) is 6.67 Å². The summed E-state index contributed by atoms with van der Waals surface area (Å²) >= 11 is 0. The van der Waals surface area contributed by atoms with Gasteiger partial charge in [-0.15, -0.1) is 0 Å². The number of primary amides is 1. The Balaban J connectivity index is 1.86. The molecule has 0 fully saturated rings. The summed E-state index contributed by atoms with van der Waals surface area (Å²) in [6, 6.07) is 9.81. The van der Waals surface area contributed by atoms with Crippen molar-refractivity contribution in [1.29, 1.82) is 0 Å². The summed E-state index contributed by atoms with van der Waals surface area (Å²) in [5.41, 5.74) is 9.71. The number of aryl methyl sites for hydroxylation is 1. The second kappa shape index (κ2) is 7.83. The Labute approximate surface area is 165 Å². The highest BCUT2D eigenvalue weighted by Crippen LogP contribution is 2.32. The smallest absolute Gasteiger partial charge is 0.223 e. The highest BCUT2D eigenvalue weighted by Gasteiger charge is 2.17.